The fourth-order valence-electron chi connectivity index (χ4n) is 1.19. The molecule has 1 heterocycles. The summed E-state index contributed by atoms with van der Waals surface area (Å²) in [6.45, 7) is 6.97. The largest absolute Gasteiger partial charge is 0.393 e. The Bertz CT molecular complexity index is 361. The second-order valence-corrected chi connectivity index (χ2v) is 5.48. The van der Waals surface area contributed by atoms with Gasteiger partial charge in [0, 0.05) is 37.0 Å². The number of hydrogen-bond acceptors (Lipinski definition) is 5. The third-order valence-corrected chi connectivity index (χ3v) is 3.55. The molecule has 2 N–H and O–H groups in total. The molecular weight excluding hydrogens is 240 g/mol. The molecule has 0 radical (unpaired) electrons. The maximum Gasteiger partial charge on any atom is 0.204 e. The maximum atomic E-state index is 5.59. The zero-order valence-electron chi connectivity index (χ0n) is 10.1. The summed E-state index contributed by atoms with van der Waals surface area (Å²) in [5.41, 5.74) is 5.59. The number of thiocarbonyl (C=S) groups is 1. The van der Waals surface area contributed by atoms with Gasteiger partial charge >= 0.3 is 0 Å². The van der Waals surface area contributed by atoms with Crippen LogP contribution >= 0.6 is 23.8 Å². The Balaban J connectivity index is 2.65. The molecule has 1 rings (SSSR count). The zero-order valence-corrected chi connectivity index (χ0v) is 11.7. The van der Waals surface area contributed by atoms with Crippen molar-refractivity contribution in [1.82, 2.24) is 9.36 Å². The highest BCUT2D eigenvalue weighted by molar-refractivity contribution is 7.80. The van der Waals surface area contributed by atoms with E-state index in [0.29, 0.717) is 10.9 Å². The lowest BCUT2D eigenvalue weighted by atomic mass is 10.2. The molecule has 0 bridgehead atoms. The van der Waals surface area contributed by atoms with Gasteiger partial charge in [-0.05, 0) is 0 Å². The van der Waals surface area contributed by atoms with E-state index < -0.39 is 0 Å². The van der Waals surface area contributed by atoms with Crippen molar-refractivity contribution in [2.75, 3.05) is 18.5 Å². The predicted octanol–water partition coefficient (Wildman–Crippen LogP) is 2.02. The molecule has 16 heavy (non-hydrogen) atoms. The molecule has 1 unspecified atom stereocenters. The first kappa shape index (κ1) is 13.3. The van der Waals surface area contributed by atoms with Gasteiger partial charge in [-0.2, -0.15) is 4.37 Å². The minimum Gasteiger partial charge on any atom is -0.393 e. The smallest absolute Gasteiger partial charge is 0.204 e. The third-order valence-electron chi connectivity index (χ3n) is 2.31. The van der Waals surface area contributed by atoms with E-state index in [-0.39, 0.29) is 5.92 Å². The second-order valence-electron chi connectivity index (χ2n) is 4.27. The Morgan fingerprint density at radius 3 is 2.56 bits per heavy atom. The summed E-state index contributed by atoms with van der Waals surface area (Å²) in [5.74, 6) is 1.45. The van der Waals surface area contributed by atoms with Crippen molar-refractivity contribution < 1.29 is 0 Å². The van der Waals surface area contributed by atoms with E-state index in [9.17, 15) is 0 Å². The molecule has 0 aliphatic rings. The number of anilines is 1. The van der Waals surface area contributed by atoms with Crippen LogP contribution in [0.2, 0.25) is 0 Å². The van der Waals surface area contributed by atoms with Crippen molar-refractivity contribution >= 4 is 33.9 Å². The normalized spacial score (nSPS) is 12.8. The van der Waals surface area contributed by atoms with Crippen LogP contribution in [0.15, 0.2) is 0 Å². The van der Waals surface area contributed by atoms with Gasteiger partial charge in [0.25, 0.3) is 0 Å². The Labute approximate surface area is 106 Å². The Hall–Kier alpha value is -0.750. The highest BCUT2D eigenvalue weighted by Crippen LogP contribution is 2.20. The minimum absolute atomic E-state index is 0.186. The lowest BCUT2D eigenvalue weighted by Gasteiger charge is -2.19. The monoisotopic (exact) mass is 258 g/mol. The summed E-state index contributed by atoms with van der Waals surface area (Å²) in [7, 11) is 1.99. The average molecular weight is 258 g/mol. The number of nitrogens with zero attached hydrogens (tertiary/aromatic N) is 3. The third kappa shape index (κ3) is 3.38. The van der Waals surface area contributed by atoms with Gasteiger partial charge in [0.2, 0.25) is 5.13 Å². The molecule has 0 spiro atoms. The van der Waals surface area contributed by atoms with Crippen LogP contribution in [0.25, 0.3) is 0 Å². The van der Waals surface area contributed by atoms with Crippen LogP contribution in [0.4, 0.5) is 5.13 Å². The molecule has 4 nitrogen and oxygen atoms in total. The van der Waals surface area contributed by atoms with Crippen LogP contribution in [-0.4, -0.2) is 27.9 Å². The van der Waals surface area contributed by atoms with Crippen LogP contribution in [0.3, 0.4) is 0 Å². The zero-order chi connectivity index (χ0) is 12.3. The van der Waals surface area contributed by atoms with Crippen LogP contribution < -0.4 is 10.6 Å². The van der Waals surface area contributed by atoms with Crippen molar-refractivity contribution in [2.45, 2.75) is 26.7 Å². The molecule has 1 aromatic rings. The maximum absolute atomic E-state index is 5.59. The predicted molar refractivity (Wildman–Crippen MR) is 73.2 cm³/mol. The first-order valence-corrected chi connectivity index (χ1v) is 6.44. The molecule has 0 aliphatic heterocycles. The second kappa shape index (κ2) is 5.54. The van der Waals surface area contributed by atoms with E-state index in [0.717, 1.165) is 17.5 Å². The van der Waals surface area contributed by atoms with E-state index in [1.54, 1.807) is 0 Å². The van der Waals surface area contributed by atoms with E-state index in [1.165, 1.54) is 11.5 Å². The van der Waals surface area contributed by atoms with Gasteiger partial charge < -0.3 is 10.6 Å². The molecule has 0 amide bonds. The quantitative estimate of drug-likeness (QED) is 0.819. The standard InChI is InChI=1S/C10H18N4S2/c1-6(2)9-12-10(16-13-9)14(4)5-7(3)8(11)15/h6-7H,5H2,1-4H3,(H2,11,15). The van der Waals surface area contributed by atoms with Crippen molar-refractivity contribution in [2.24, 2.45) is 11.7 Å². The summed E-state index contributed by atoms with van der Waals surface area (Å²) in [5, 5.41) is 0.923. The molecule has 1 aromatic heterocycles. The SMILES string of the molecule is CC(CN(C)c1nc(C(C)C)ns1)C(N)=S. The summed E-state index contributed by atoms with van der Waals surface area (Å²) in [6, 6.07) is 0. The van der Waals surface area contributed by atoms with Crippen molar-refractivity contribution in [3.63, 3.8) is 0 Å². The Morgan fingerprint density at radius 1 is 1.50 bits per heavy atom. The van der Waals surface area contributed by atoms with E-state index >= 15 is 0 Å². The first-order chi connectivity index (χ1) is 7.41. The Kier molecular flexibility index (Phi) is 4.61. The molecule has 6 heteroatoms. The molecule has 0 saturated heterocycles. The highest BCUT2D eigenvalue weighted by Gasteiger charge is 2.14. The van der Waals surface area contributed by atoms with E-state index in [2.05, 4.69) is 23.2 Å². The first-order valence-electron chi connectivity index (χ1n) is 5.26. The van der Waals surface area contributed by atoms with Gasteiger partial charge in [0.05, 0.1) is 4.99 Å². The van der Waals surface area contributed by atoms with Gasteiger partial charge in [-0.25, -0.2) is 4.98 Å². The highest BCUT2D eigenvalue weighted by atomic mass is 32.1. The van der Waals surface area contributed by atoms with Crippen LogP contribution in [-0.2, 0) is 0 Å². The lowest BCUT2D eigenvalue weighted by Crippen LogP contribution is -2.31. The molecule has 0 aromatic carbocycles. The van der Waals surface area contributed by atoms with E-state index in [1.807, 2.05) is 18.9 Å². The molecular formula is C10H18N4S2. The minimum atomic E-state index is 0.186. The van der Waals surface area contributed by atoms with Gasteiger partial charge in [-0.3, -0.25) is 0 Å². The van der Waals surface area contributed by atoms with Gasteiger partial charge in [-0.1, -0.05) is 33.0 Å². The number of nitrogens with two attached hydrogens (primary N) is 1. The summed E-state index contributed by atoms with van der Waals surface area (Å²) < 4.78 is 4.31. The van der Waals surface area contributed by atoms with Crippen molar-refractivity contribution in [3.05, 3.63) is 5.82 Å². The van der Waals surface area contributed by atoms with Crippen molar-refractivity contribution in [3.8, 4) is 0 Å². The Morgan fingerprint density at radius 2 is 2.12 bits per heavy atom. The molecule has 90 valence electrons. The number of aromatic nitrogens is 2. The topological polar surface area (TPSA) is 55.0 Å². The molecule has 0 fully saturated rings. The van der Waals surface area contributed by atoms with Crippen LogP contribution in [0, 0.1) is 5.92 Å². The van der Waals surface area contributed by atoms with Crippen LogP contribution in [0.5, 0.6) is 0 Å². The summed E-state index contributed by atoms with van der Waals surface area (Å²) in [6.07, 6.45) is 0. The number of hydrogen-bond donors (Lipinski definition) is 1. The van der Waals surface area contributed by atoms with E-state index in [4.69, 9.17) is 18.0 Å². The van der Waals surface area contributed by atoms with Gasteiger partial charge in [0.15, 0.2) is 0 Å². The average Bonchev–Trinajstić information content (AvgIpc) is 2.65. The van der Waals surface area contributed by atoms with Crippen LogP contribution in [0.1, 0.15) is 32.5 Å². The molecule has 0 aliphatic carbocycles. The number of rotatable bonds is 5. The van der Waals surface area contributed by atoms with Gasteiger partial charge in [-0.15, -0.1) is 0 Å². The molecule has 1 atom stereocenters. The summed E-state index contributed by atoms with van der Waals surface area (Å²) >= 11 is 6.37. The fraction of sp³-hybridized carbons (Fsp3) is 0.700. The summed E-state index contributed by atoms with van der Waals surface area (Å²) in [4.78, 5) is 7.06. The van der Waals surface area contributed by atoms with Crippen molar-refractivity contribution in [1.29, 1.82) is 0 Å². The molecule has 0 saturated carbocycles. The fourth-order valence-corrected chi connectivity index (χ4v) is 2.04. The van der Waals surface area contributed by atoms with Gasteiger partial charge in [0.1, 0.15) is 5.82 Å². The lowest BCUT2D eigenvalue weighted by molar-refractivity contribution is 0.734.